The number of hydrogen-bond donors (Lipinski definition) is 0. The highest BCUT2D eigenvalue weighted by atomic mass is 19.2. The molecule has 1 rings (SSSR count). The third-order valence-corrected chi connectivity index (χ3v) is 2.47. The molecule has 1 unspecified atom stereocenters. The molecule has 0 bridgehead atoms. The van der Waals surface area contributed by atoms with Gasteiger partial charge in [0, 0.05) is 20.4 Å². The lowest BCUT2D eigenvalue weighted by Gasteiger charge is -2.24. The first-order valence-electron chi connectivity index (χ1n) is 5.05. The molecule has 1 amide bonds. The zero-order chi connectivity index (χ0) is 13.0. The lowest BCUT2D eigenvalue weighted by atomic mass is 10.2. The van der Waals surface area contributed by atoms with Crippen molar-refractivity contribution in [2.45, 2.75) is 13.0 Å². The molecule has 1 aromatic rings. The molecule has 0 fully saturated rings. The SMILES string of the molecule is COCC(C)N(C)C(=O)c1ccnc(F)c1F. The molecule has 0 radical (unpaired) electrons. The maximum absolute atomic E-state index is 13.3. The molecule has 94 valence electrons. The standard InChI is InChI=1S/C11H14F2N2O2/c1-7(6-17-3)15(2)11(16)8-4-5-14-10(13)9(8)12/h4-5,7H,6H2,1-3H3. The third kappa shape index (κ3) is 2.97. The number of halogens is 2. The van der Waals surface area contributed by atoms with Crippen LogP contribution in [-0.4, -0.2) is 42.6 Å². The minimum atomic E-state index is -1.27. The summed E-state index contributed by atoms with van der Waals surface area (Å²) in [5.41, 5.74) is -0.331. The van der Waals surface area contributed by atoms with Crippen molar-refractivity contribution in [3.8, 4) is 0 Å². The van der Waals surface area contributed by atoms with Crippen LogP contribution in [0, 0.1) is 11.8 Å². The van der Waals surface area contributed by atoms with Crippen molar-refractivity contribution in [3.63, 3.8) is 0 Å². The molecule has 0 N–H and O–H groups in total. The summed E-state index contributed by atoms with van der Waals surface area (Å²) in [6.07, 6.45) is 1.06. The molecular formula is C11H14F2N2O2. The second-order valence-corrected chi connectivity index (χ2v) is 3.68. The van der Waals surface area contributed by atoms with Gasteiger partial charge in [-0.05, 0) is 13.0 Å². The normalized spacial score (nSPS) is 12.3. The van der Waals surface area contributed by atoms with E-state index in [1.807, 2.05) is 0 Å². The minimum absolute atomic E-state index is 0.233. The number of methoxy groups -OCH3 is 1. The number of nitrogens with zero attached hydrogens (tertiary/aromatic N) is 2. The maximum Gasteiger partial charge on any atom is 0.257 e. The summed E-state index contributed by atoms with van der Waals surface area (Å²) in [5.74, 6) is -3.11. The molecule has 0 aliphatic carbocycles. The van der Waals surface area contributed by atoms with Crippen LogP contribution in [0.3, 0.4) is 0 Å². The Balaban J connectivity index is 2.93. The Labute approximate surface area is 98.2 Å². The molecule has 17 heavy (non-hydrogen) atoms. The number of amides is 1. The molecule has 0 saturated heterocycles. The molecule has 1 heterocycles. The molecule has 1 atom stereocenters. The second-order valence-electron chi connectivity index (χ2n) is 3.68. The Bertz CT molecular complexity index is 412. The largest absolute Gasteiger partial charge is 0.383 e. The van der Waals surface area contributed by atoms with E-state index in [9.17, 15) is 13.6 Å². The van der Waals surface area contributed by atoms with Gasteiger partial charge >= 0.3 is 0 Å². The molecule has 0 aliphatic heterocycles. The predicted molar refractivity (Wildman–Crippen MR) is 57.6 cm³/mol. The van der Waals surface area contributed by atoms with Crippen molar-refractivity contribution in [1.29, 1.82) is 0 Å². The Kier molecular flexibility index (Phi) is 4.51. The van der Waals surface area contributed by atoms with Gasteiger partial charge in [0.05, 0.1) is 18.2 Å². The van der Waals surface area contributed by atoms with E-state index in [1.54, 1.807) is 6.92 Å². The Hall–Kier alpha value is -1.56. The van der Waals surface area contributed by atoms with Crippen LogP contribution in [0.2, 0.25) is 0 Å². The highest BCUT2D eigenvalue weighted by Crippen LogP contribution is 2.12. The van der Waals surface area contributed by atoms with Gasteiger partial charge in [-0.3, -0.25) is 4.79 Å². The molecule has 4 nitrogen and oxygen atoms in total. The van der Waals surface area contributed by atoms with E-state index < -0.39 is 17.7 Å². The Morgan fingerprint density at radius 2 is 2.24 bits per heavy atom. The maximum atomic E-state index is 13.3. The fourth-order valence-electron chi connectivity index (χ4n) is 1.33. The van der Waals surface area contributed by atoms with Gasteiger partial charge in [-0.2, -0.15) is 4.39 Å². The Morgan fingerprint density at radius 3 is 2.82 bits per heavy atom. The molecule has 0 spiro atoms. The summed E-state index contributed by atoms with van der Waals surface area (Å²) in [6, 6.07) is 0.916. The van der Waals surface area contributed by atoms with E-state index in [4.69, 9.17) is 4.74 Å². The quantitative estimate of drug-likeness (QED) is 0.753. The number of hydrogen-bond acceptors (Lipinski definition) is 3. The first kappa shape index (κ1) is 13.5. The monoisotopic (exact) mass is 244 g/mol. The topological polar surface area (TPSA) is 42.4 Å². The van der Waals surface area contributed by atoms with Crippen LogP contribution >= 0.6 is 0 Å². The number of aromatic nitrogens is 1. The van der Waals surface area contributed by atoms with Gasteiger partial charge in [0.15, 0.2) is 5.82 Å². The third-order valence-electron chi connectivity index (χ3n) is 2.47. The highest BCUT2D eigenvalue weighted by Gasteiger charge is 2.22. The van der Waals surface area contributed by atoms with E-state index in [0.29, 0.717) is 6.61 Å². The summed E-state index contributed by atoms with van der Waals surface area (Å²) in [4.78, 5) is 16.3. The molecule has 1 aromatic heterocycles. The van der Waals surface area contributed by atoms with E-state index in [-0.39, 0.29) is 11.6 Å². The van der Waals surface area contributed by atoms with Gasteiger partial charge in [-0.1, -0.05) is 0 Å². The van der Waals surface area contributed by atoms with Crippen LogP contribution in [-0.2, 0) is 4.74 Å². The lowest BCUT2D eigenvalue weighted by Crippen LogP contribution is -2.38. The summed E-state index contributed by atoms with van der Waals surface area (Å²) in [5, 5.41) is 0. The molecule has 6 heteroatoms. The van der Waals surface area contributed by atoms with Gasteiger partial charge in [0.2, 0.25) is 5.95 Å². The van der Waals surface area contributed by atoms with Crippen molar-refractivity contribution in [3.05, 3.63) is 29.6 Å². The van der Waals surface area contributed by atoms with Gasteiger partial charge in [0.25, 0.3) is 5.91 Å². The van der Waals surface area contributed by atoms with Crippen LogP contribution < -0.4 is 0 Å². The lowest BCUT2D eigenvalue weighted by molar-refractivity contribution is 0.0627. The highest BCUT2D eigenvalue weighted by molar-refractivity contribution is 5.94. The smallest absolute Gasteiger partial charge is 0.257 e. The zero-order valence-corrected chi connectivity index (χ0v) is 9.91. The summed E-state index contributed by atoms with van der Waals surface area (Å²) in [6.45, 7) is 2.06. The van der Waals surface area contributed by atoms with Crippen LogP contribution in [0.15, 0.2) is 12.3 Å². The van der Waals surface area contributed by atoms with Crippen molar-refractivity contribution in [2.24, 2.45) is 0 Å². The van der Waals surface area contributed by atoms with Crippen molar-refractivity contribution in [1.82, 2.24) is 9.88 Å². The number of rotatable bonds is 4. The van der Waals surface area contributed by atoms with Gasteiger partial charge in [-0.25, -0.2) is 9.37 Å². The Morgan fingerprint density at radius 1 is 1.59 bits per heavy atom. The number of likely N-dealkylation sites (N-methyl/N-ethyl adjacent to an activating group) is 1. The molecular weight excluding hydrogens is 230 g/mol. The summed E-state index contributed by atoms with van der Waals surface area (Å²) >= 11 is 0. The van der Waals surface area contributed by atoms with Crippen molar-refractivity contribution in [2.75, 3.05) is 20.8 Å². The van der Waals surface area contributed by atoms with Crippen LogP contribution in [0.5, 0.6) is 0 Å². The zero-order valence-electron chi connectivity index (χ0n) is 9.91. The second kappa shape index (κ2) is 5.67. The van der Waals surface area contributed by atoms with E-state index in [2.05, 4.69) is 4.98 Å². The molecule has 0 aliphatic rings. The summed E-state index contributed by atoms with van der Waals surface area (Å²) in [7, 11) is 3.01. The molecule has 0 aromatic carbocycles. The van der Waals surface area contributed by atoms with E-state index in [0.717, 1.165) is 12.3 Å². The minimum Gasteiger partial charge on any atom is -0.383 e. The van der Waals surface area contributed by atoms with Crippen LogP contribution in [0.4, 0.5) is 8.78 Å². The first-order chi connectivity index (χ1) is 7.99. The van der Waals surface area contributed by atoms with Crippen molar-refractivity contribution < 1.29 is 18.3 Å². The average molecular weight is 244 g/mol. The van der Waals surface area contributed by atoms with Gasteiger partial charge in [0.1, 0.15) is 0 Å². The number of carbonyl (C=O) groups is 1. The number of carbonyl (C=O) groups excluding carboxylic acids is 1. The van der Waals surface area contributed by atoms with Gasteiger partial charge in [-0.15, -0.1) is 0 Å². The number of pyridine rings is 1. The first-order valence-corrected chi connectivity index (χ1v) is 5.05. The molecule has 0 saturated carbocycles. The predicted octanol–water partition coefficient (Wildman–Crippen LogP) is 1.47. The fourth-order valence-corrected chi connectivity index (χ4v) is 1.33. The van der Waals surface area contributed by atoms with E-state index >= 15 is 0 Å². The van der Waals surface area contributed by atoms with Crippen molar-refractivity contribution >= 4 is 5.91 Å². The fraction of sp³-hybridized carbons (Fsp3) is 0.455. The number of ether oxygens (including phenoxy) is 1. The van der Waals surface area contributed by atoms with Crippen LogP contribution in [0.1, 0.15) is 17.3 Å². The van der Waals surface area contributed by atoms with E-state index in [1.165, 1.54) is 19.1 Å². The average Bonchev–Trinajstić information content (AvgIpc) is 2.31. The van der Waals surface area contributed by atoms with Crippen LogP contribution in [0.25, 0.3) is 0 Å². The van der Waals surface area contributed by atoms with Gasteiger partial charge < -0.3 is 9.64 Å². The summed E-state index contributed by atoms with van der Waals surface area (Å²) < 4.78 is 31.1.